The van der Waals surface area contributed by atoms with Crippen LogP contribution in [0.4, 0.5) is 0 Å². The highest BCUT2D eigenvalue weighted by molar-refractivity contribution is 5.55. The molecule has 0 amide bonds. The van der Waals surface area contributed by atoms with E-state index in [0.717, 1.165) is 11.3 Å². The maximum absolute atomic E-state index is 6.13. The number of benzene rings is 1. The van der Waals surface area contributed by atoms with Gasteiger partial charge in [0.2, 0.25) is 0 Å². The molecule has 0 bridgehead atoms. The first-order valence-electron chi connectivity index (χ1n) is 6.02. The van der Waals surface area contributed by atoms with E-state index in [1.807, 2.05) is 12.1 Å². The highest BCUT2D eigenvalue weighted by atomic mass is 16.5. The molecule has 0 radical (unpaired) electrons. The predicted molar refractivity (Wildman–Crippen MR) is 70.6 cm³/mol. The van der Waals surface area contributed by atoms with Crippen molar-refractivity contribution in [3.05, 3.63) is 17.7 Å². The van der Waals surface area contributed by atoms with Gasteiger partial charge in [0.15, 0.2) is 11.5 Å². The van der Waals surface area contributed by atoms with Crippen LogP contribution in [0.3, 0.4) is 0 Å². The molecule has 1 fully saturated rings. The minimum absolute atomic E-state index is 0.104. The van der Waals surface area contributed by atoms with Crippen LogP contribution in [0.2, 0.25) is 0 Å². The summed E-state index contributed by atoms with van der Waals surface area (Å²) in [4.78, 5) is 0. The summed E-state index contributed by atoms with van der Waals surface area (Å²) in [6.07, 6.45) is 0. The maximum Gasteiger partial charge on any atom is 0.164 e. The fraction of sp³-hybridized carbons (Fsp3) is 0.571. The second-order valence-corrected chi connectivity index (χ2v) is 5.27. The molecule has 1 saturated carbocycles. The second-order valence-electron chi connectivity index (χ2n) is 5.27. The number of ether oxygens (including phenoxy) is 3. The third kappa shape index (κ3) is 1.81. The van der Waals surface area contributed by atoms with Gasteiger partial charge in [-0.05, 0) is 11.5 Å². The summed E-state index contributed by atoms with van der Waals surface area (Å²) < 4.78 is 16.1. The molecule has 0 aliphatic heterocycles. The Morgan fingerprint density at radius 1 is 0.944 bits per heavy atom. The highest BCUT2D eigenvalue weighted by Gasteiger charge is 2.57. The molecule has 100 valence electrons. The van der Waals surface area contributed by atoms with E-state index in [-0.39, 0.29) is 11.5 Å². The highest BCUT2D eigenvalue weighted by Crippen LogP contribution is 2.60. The monoisotopic (exact) mass is 251 g/mol. The number of methoxy groups -OCH3 is 3. The van der Waals surface area contributed by atoms with E-state index >= 15 is 0 Å². The van der Waals surface area contributed by atoms with Crippen LogP contribution in [-0.4, -0.2) is 27.4 Å². The molecule has 4 nitrogen and oxygen atoms in total. The van der Waals surface area contributed by atoms with Gasteiger partial charge in [-0.2, -0.15) is 0 Å². The van der Waals surface area contributed by atoms with Crippen LogP contribution < -0.4 is 19.9 Å². The number of rotatable bonds is 4. The van der Waals surface area contributed by atoms with E-state index in [4.69, 9.17) is 19.9 Å². The molecule has 2 atom stereocenters. The van der Waals surface area contributed by atoms with Crippen LogP contribution in [0.1, 0.15) is 25.3 Å². The minimum Gasteiger partial charge on any atom is -0.496 e. The van der Waals surface area contributed by atoms with Gasteiger partial charge in [0.05, 0.1) is 21.3 Å². The first-order valence-corrected chi connectivity index (χ1v) is 6.02. The molecule has 0 aromatic heterocycles. The lowest BCUT2D eigenvalue weighted by molar-refractivity contribution is 0.347. The maximum atomic E-state index is 6.13. The zero-order valence-electron chi connectivity index (χ0n) is 11.6. The Bertz CT molecular complexity index is 457. The Kier molecular flexibility index (Phi) is 3.15. The van der Waals surface area contributed by atoms with Crippen molar-refractivity contribution in [3.8, 4) is 17.2 Å². The molecule has 1 aliphatic rings. The van der Waals surface area contributed by atoms with E-state index < -0.39 is 0 Å². The van der Waals surface area contributed by atoms with Crippen molar-refractivity contribution in [2.24, 2.45) is 11.1 Å². The van der Waals surface area contributed by atoms with Crippen LogP contribution >= 0.6 is 0 Å². The summed E-state index contributed by atoms with van der Waals surface area (Å²) in [6.45, 7) is 4.33. The van der Waals surface area contributed by atoms with E-state index in [0.29, 0.717) is 17.4 Å². The second kappa shape index (κ2) is 4.35. The molecule has 18 heavy (non-hydrogen) atoms. The van der Waals surface area contributed by atoms with Gasteiger partial charge in [-0.1, -0.05) is 13.8 Å². The van der Waals surface area contributed by atoms with Crippen molar-refractivity contribution < 1.29 is 14.2 Å². The molecule has 0 spiro atoms. The average Bonchev–Trinajstić information content (AvgIpc) is 2.86. The number of hydrogen-bond donors (Lipinski definition) is 1. The summed E-state index contributed by atoms with van der Waals surface area (Å²) in [5.41, 5.74) is 7.33. The van der Waals surface area contributed by atoms with Gasteiger partial charge in [0, 0.05) is 23.6 Å². The zero-order chi connectivity index (χ0) is 13.5. The third-order valence-corrected chi connectivity index (χ3v) is 3.98. The van der Waals surface area contributed by atoms with Crippen molar-refractivity contribution in [2.75, 3.05) is 21.3 Å². The topological polar surface area (TPSA) is 53.7 Å². The molecular formula is C14H21NO3. The van der Waals surface area contributed by atoms with E-state index in [1.165, 1.54) is 0 Å². The smallest absolute Gasteiger partial charge is 0.164 e. The molecule has 1 aromatic carbocycles. The Morgan fingerprint density at radius 2 is 1.39 bits per heavy atom. The zero-order valence-corrected chi connectivity index (χ0v) is 11.6. The van der Waals surface area contributed by atoms with Crippen molar-refractivity contribution in [2.45, 2.75) is 25.8 Å². The van der Waals surface area contributed by atoms with Gasteiger partial charge in [-0.3, -0.25) is 0 Å². The molecule has 2 rings (SSSR count). The Balaban J connectivity index is 2.47. The van der Waals surface area contributed by atoms with Crippen molar-refractivity contribution in [1.29, 1.82) is 0 Å². The molecule has 2 N–H and O–H groups in total. The van der Waals surface area contributed by atoms with Crippen molar-refractivity contribution in [1.82, 2.24) is 0 Å². The standard InChI is InChI=1S/C14H21NO3/c1-14(2)12(13(14)15)8-6-10(17-4)11(18-5)7-9(8)16-3/h6-7,12-13H,15H2,1-5H3. The minimum atomic E-state index is 0.104. The lowest BCUT2D eigenvalue weighted by Gasteiger charge is -2.14. The molecule has 1 aliphatic carbocycles. The SMILES string of the molecule is COc1cc(OC)c(C2C(N)C2(C)C)cc1OC. The van der Waals surface area contributed by atoms with Gasteiger partial charge in [0.25, 0.3) is 0 Å². The summed E-state index contributed by atoms with van der Waals surface area (Å²) in [7, 11) is 4.90. The fourth-order valence-corrected chi connectivity index (χ4v) is 2.57. The van der Waals surface area contributed by atoms with Gasteiger partial charge < -0.3 is 19.9 Å². The van der Waals surface area contributed by atoms with Crippen LogP contribution in [0.15, 0.2) is 12.1 Å². The van der Waals surface area contributed by atoms with Crippen LogP contribution in [0.25, 0.3) is 0 Å². The summed E-state index contributed by atoms with van der Waals surface area (Å²) in [5, 5.41) is 0. The average molecular weight is 251 g/mol. The predicted octanol–water partition coefficient (Wildman–Crippen LogP) is 2.16. The van der Waals surface area contributed by atoms with Gasteiger partial charge in [-0.25, -0.2) is 0 Å². The fourth-order valence-electron chi connectivity index (χ4n) is 2.57. The summed E-state index contributed by atoms with van der Waals surface area (Å²) >= 11 is 0. The first-order chi connectivity index (χ1) is 8.47. The lowest BCUT2D eigenvalue weighted by atomic mass is 10.0. The van der Waals surface area contributed by atoms with Crippen molar-refractivity contribution >= 4 is 0 Å². The molecule has 0 heterocycles. The number of nitrogens with two attached hydrogens (primary N) is 1. The van der Waals surface area contributed by atoms with Crippen LogP contribution in [0.5, 0.6) is 17.2 Å². The largest absolute Gasteiger partial charge is 0.496 e. The Labute approximate surface area is 108 Å². The van der Waals surface area contributed by atoms with E-state index in [9.17, 15) is 0 Å². The van der Waals surface area contributed by atoms with E-state index in [1.54, 1.807) is 21.3 Å². The van der Waals surface area contributed by atoms with Gasteiger partial charge in [0.1, 0.15) is 5.75 Å². The first kappa shape index (κ1) is 13.0. The van der Waals surface area contributed by atoms with Crippen LogP contribution in [-0.2, 0) is 0 Å². The Morgan fingerprint density at radius 3 is 1.78 bits per heavy atom. The summed E-state index contributed by atoms with van der Waals surface area (Å²) in [5.74, 6) is 2.49. The summed E-state index contributed by atoms with van der Waals surface area (Å²) in [6, 6.07) is 3.98. The molecule has 4 heteroatoms. The van der Waals surface area contributed by atoms with Gasteiger partial charge in [-0.15, -0.1) is 0 Å². The third-order valence-electron chi connectivity index (χ3n) is 3.98. The van der Waals surface area contributed by atoms with E-state index in [2.05, 4.69) is 13.8 Å². The quantitative estimate of drug-likeness (QED) is 0.891. The molecule has 0 saturated heterocycles. The normalized spacial score (nSPS) is 24.6. The lowest BCUT2D eigenvalue weighted by Crippen LogP contribution is -2.06. The molecule has 2 unspecified atom stereocenters. The van der Waals surface area contributed by atoms with Gasteiger partial charge >= 0.3 is 0 Å². The Hall–Kier alpha value is -1.42. The molecule has 1 aromatic rings. The number of hydrogen-bond acceptors (Lipinski definition) is 4. The van der Waals surface area contributed by atoms with Crippen LogP contribution in [0, 0.1) is 5.41 Å². The van der Waals surface area contributed by atoms with Crippen molar-refractivity contribution in [3.63, 3.8) is 0 Å². The molecular weight excluding hydrogens is 230 g/mol.